The van der Waals surface area contributed by atoms with Gasteiger partial charge >= 0.3 is 5.97 Å². The van der Waals surface area contributed by atoms with Crippen molar-refractivity contribution in [3.8, 4) is 0 Å². The van der Waals surface area contributed by atoms with E-state index in [0.29, 0.717) is 4.91 Å². The number of imide groups is 1. The maximum absolute atomic E-state index is 12.3. The Morgan fingerprint density at radius 3 is 2.61 bits per heavy atom. The monoisotopic (exact) mass is 333 g/mol. The number of benzene rings is 1. The number of rotatable bonds is 3. The van der Waals surface area contributed by atoms with Gasteiger partial charge in [-0.2, -0.15) is 0 Å². The minimum atomic E-state index is -0.656. The molecule has 0 spiro atoms. The second-order valence-corrected chi connectivity index (χ2v) is 7.26. The maximum atomic E-state index is 12.3. The molecule has 1 saturated heterocycles. The molecule has 1 aliphatic rings. The lowest BCUT2D eigenvalue weighted by molar-refractivity contribution is -0.156. The molecule has 0 atom stereocenters. The average Bonchev–Trinajstić information content (AvgIpc) is 2.64. The summed E-state index contributed by atoms with van der Waals surface area (Å²) in [6, 6.07) is 7.61. The van der Waals surface area contributed by atoms with Gasteiger partial charge in [0.05, 0.1) is 4.91 Å². The van der Waals surface area contributed by atoms with Gasteiger partial charge < -0.3 is 4.74 Å². The van der Waals surface area contributed by atoms with Crippen molar-refractivity contribution >= 4 is 35.0 Å². The number of hydrogen-bond donors (Lipinski definition) is 0. The van der Waals surface area contributed by atoms with Gasteiger partial charge in [-0.05, 0) is 51.1 Å². The van der Waals surface area contributed by atoms with Crippen molar-refractivity contribution in [2.24, 2.45) is 0 Å². The number of carbonyl (C=O) groups excluding carboxylic acids is 3. The van der Waals surface area contributed by atoms with Gasteiger partial charge in [0.15, 0.2) is 0 Å². The van der Waals surface area contributed by atoms with Gasteiger partial charge in [0.2, 0.25) is 0 Å². The van der Waals surface area contributed by atoms with Gasteiger partial charge in [-0.3, -0.25) is 19.3 Å². The van der Waals surface area contributed by atoms with Gasteiger partial charge in [0.25, 0.3) is 11.1 Å². The second-order valence-electron chi connectivity index (χ2n) is 6.27. The lowest BCUT2D eigenvalue weighted by Gasteiger charge is -2.21. The molecule has 0 aliphatic carbocycles. The molecule has 1 fully saturated rings. The molecule has 1 aromatic rings. The molecular formula is C17H19NO4S. The second kappa shape index (κ2) is 6.58. The zero-order valence-electron chi connectivity index (χ0n) is 13.6. The first-order valence-electron chi connectivity index (χ1n) is 7.19. The molecule has 1 heterocycles. The molecule has 0 saturated carbocycles. The van der Waals surface area contributed by atoms with E-state index in [1.165, 1.54) is 0 Å². The quantitative estimate of drug-likeness (QED) is 0.627. The number of thioether (sulfide) groups is 1. The van der Waals surface area contributed by atoms with E-state index in [2.05, 4.69) is 0 Å². The van der Waals surface area contributed by atoms with Crippen molar-refractivity contribution in [3.05, 3.63) is 40.3 Å². The van der Waals surface area contributed by atoms with Crippen molar-refractivity contribution in [1.29, 1.82) is 0 Å². The highest BCUT2D eigenvalue weighted by Gasteiger charge is 2.37. The van der Waals surface area contributed by atoms with Crippen molar-refractivity contribution in [3.63, 3.8) is 0 Å². The summed E-state index contributed by atoms with van der Waals surface area (Å²) in [5.74, 6) is -1.07. The van der Waals surface area contributed by atoms with E-state index in [9.17, 15) is 14.4 Å². The number of hydrogen-bond acceptors (Lipinski definition) is 5. The Kier molecular flexibility index (Phi) is 4.94. The van der Waals surface area contributed by atoms with Gasteiger partial charge in [-0.25, -0.2) is 0 Å². The molecule has 0 bridgehead atoms. The molecule has 23 heavy (non-hydrogen) atoms. The standard InChI is InChI=1S/C17H19NO4S/c1-11-6-5-7-12(8-11)9-13-15(20)18(16(21)23-13)10-14(19)22-17(2,3)4/h5-9H,10H2,1-4H3/b13-9+. The highest BCUT2D eigenvalue weighted by molar-refractivity contribution is 8.18. The zero-order chi connectivity index (χ0) is 17.2. The third-order valence-corrected chi connectivity index (χ3v) is 3.83. The first kappa shape index (κ1) is 17.3. The predicted octanol–water partition coefficient (Wildman–Crippen LogP) is 3.37. The fourth-order valence-electron chi connectivity index (χ4n) is 2.05. The Morgan fingerprint density at radius 1 is 1.30 bits per heavy atom. The highest BCUT2D eigenvalue weighted by atomic mass is 32.2. The van der Waals surface area contributed by atoms with E-state index in [-0.39, 0.29) is 6.54 Å². The van der Waals surface area contributed by atoms with E-state index < -0.39 is 22.7 Å². The lowest BCUT2D eigenvalue weighted by Crippen LogP contribution is -2.37. The van der Waals surface area contributed by atoms with E-state index in [1.807, 2.05) is 31.2 Å². The molecule has 0 radical (unpaired) electrons. The summed E-state index contributed by atoms with van der Waals surface area (Å²) in [6.45, 7) is 6.78. The summed E-state index contributed by atoms with van der Waals surface area (Å²) in [4.78, 5) is 37.3. The predicted molar refractivity (Wildman–Crippen MR) is 89.7 cm³/mol. The third kappa shape index (κ3) is 4.69. The average molecular weight is 333 g/mol. The van der Waals surface area contributed by atoms with Gasteiger partial charge in [0, 0.05) is 0 Å². The molecule has 6 heteroatoms. The molecule has 0 unspecified atom stereocenters. The molecule has 0 aromatic heterocycles. The number of carbonyl (C=O) groups is 3. The Balaban J connectivity index is 2.12. The highest BCUT2D eigenvalue weighted by Crippen LogP contribution is 2.32. The number of ether oxygens (including phenoxy) is 1. The van der Waals surface area contributed by atoms with Gasteiger partial charge in [0.1, 0.15) is 12.1 Å². The van der Waals surface area contributed by atoms with E-state index in [1.54, 1.807) is 26.8 Å². The van der Waals surface area contributed by atoms with Crippen LogP contribution in [0, 0.1) is 6.92 Å². The summed E-state index contributed by atoms with van der Waals surface area (Å²) in [5, 5.41) is -0.459. The van der Waals surface area contributed by atoms with Crippen molar-refractivity contribution in [1.82, 2.24) is 4.90 Å². The number of amides is 2. The normalized spacial score (nSPS) is 17.0. The van der Waals surface area contributed by atoms with Crippen molar-refractivity contribution in [2.75, 3.05) is 6.54 Å². The number of esters is 1. The van der Waals surface area contributed by atoms with Crippen LogP contribution in [-0.2, 0) is 14.3 Å². The molecule has 0 N–H and O–H groups in total. The Hall–Kier alpha value is -2.08. The van der Waals surface area contributed by atoms with E-state index in [0.717, 1.165) is 27.8 Å². The van der Waals surface area contributed by atoms with Crippen LogP contribution in [0.2, 0.25) is 0 Å². The van der Waals surface area contributed by atoms with Crippen LogP contribution in [0.3, 0.4) is 0 Å². The molecule has 122 valence electrons. The van der Waals surface area contributed by atoms with Crippen LogP contribution in [-0.4, -0.2) is 34.2 Å². The third-order valence-electron chi connectivity index (χ3n) is 2.92. The minimum absolute atomic E-state index is 0.309. The van der Waals surface area contributed by atoms with Crippen LogP contribution in [0.25, 0.3) is 6.08 Å². The molecule has 2 amide bonds. The SMILES string of the molecule is Cc1cccc(/C=C2/SC(=O)N(CC(=O)OC(C)(C)C)C2=O)c1. The first-order chi connectivity index (χ1) is 10.7. The van der Waals surface area contributed by atoms with Crippen molar-refractivity contribution < 1.29 is 19.1 Å². The lowest BCUT2D eigenvalue weighted by atomic mass is 10.1. The largest absolute Gasteiger partial charge is 0.459 e. The Bertz CT molecular complexity index is 688. The summed E-state index contributed by atoms with van der Waals surface area (Å²) in [7, 11) is 0. The topological polar surface area (TPSA) is 63.7 Å². The number of nitrogens with zero attached hydrogens (tertiary/aromatic N) is 1. The summed E-state index contributed by atoms with van der Waals surface area (Å²) < 4.78 is 5.15. The van der Waals surface area contributed by atoms with Crippen LogP contribution >= 0.6 is 11.8 Å². The zero-order valence-corrected chi connectivity index (χ0v) is 14.4. The molecule has 2 rings (SSSR count). The first-order valence-corrected chi connectivity index (χ1v) is 8.01. The van der Waals surface area contributed by atoms with Crippen LogP contribution < -0.4 is 0 Å². The molecular weight excluding hydrogens is 314 g/mol. The van der Waals surface area contributed by atoms with Crippen LogP contribution in [0.4, 0.5) is 4.79 Å². The minimum Gasteiger partial charge on any atom is -0.459 e. The van der Waals surface area contributed by atoms with Crippen LogP contribution in [0.15, 0.2) is 29.2 Å². The van der Waals surface area contributed by atoms with E-state index in [4.69, 9.17) is 4.74 Å². The van der Waals surface area contributed by atoms with Crippen LogP contribution in [0.5, 0.6) is 0 Å². The van der Waals surface area contributed by atoms with E-state index >= 15 is 0 Å². The number of aryl methyl sites for hydroxylation is 1. The fraction of sp³-hybridized carbons (Fsp3) is 0.353. The summed E-state index contributed by atoms with van der Waals surface area (Å²) in [6.07, 6.45) is 1.66. The van der Waals surface area contributed by atoms with Gasteiger partial charge in [-0.15, -0.1) is 0 Å². The van der Waals surface area contributed by atoms with Gasteiger partial charge in [-0.1, -0.05) is 29.8 Å². The summed E-state index contributed by atoms with van der Waals surface area (Å²) >= 11 is 0.833. The maximum Gasteiger partial charge on any atom is 0.326 e. The molecule has 1 aliphatic heterocycles. The fourth-order valence-corrected chi connectivity index (χ4v) is 2.89. The van der Waals surface area contributed by atoms with Crippen LogP contribution in [0.1, 0.15) is 31.9 Å². The molecule has 5 nitrogen and oxygen atoms in total. The Morgan fingerprint density at radius 2 is 2.00 bits per heavy atom. The smallest absolute Gasteiger partial charge is 0.326 e. The summed E-state index contributed by atoms with van der Waals surface area (Å²) in [5.41, 5.74) is 1.25. The Labute approximate surface area is 139 Å². The van der Waals surface area contributed by atoms with Crippen molar-refractivity contribution in [2.45, 2.75) is 33.3 Å². The molecule has 1 aromatic carbocycles.